The van der Waals surface area contributed by atoms with E-state index in [-0.39, 0.29) is 17.9 Å². The molecular weight excluding hydrogens is 385 g/mol. The molecule has 0 spiro atoms. The number of halogens is 2. The summed E-state index contributed by atoms with van der Waals surface area (Å²) in [4.78, 5) is 26.8. The number of methoxy groups -OCH3 is 1. The molecule has 1 atom stereocenters. The van der Waals surface area contributed by atoms with Gasteiger partial charge in [0.25, 0.3) is 11.7 Å². The number of nitrogens with zero attached hydrogens (tertiary/aromatic N) is 1. The van der Waals surface area contributed by atoms with Gasteiger partial charge in [0.2, 0.25) is 0 Å². The maximum absolute atomic E-state index is 13.4. The van der Waals surface area contributed by atoms with Crippen molar-refractivity contribution in [3.05, 3.63) is 76.1 Å². The van der Waals surface area contributed by atoms with Crippen LogP contribution in [0.2, 0.25) is 5.02 Å². The summed E-state index contributed by atoms with van der Waals surface area (Å²) in [5.41, 5.74) is 0.872. The fourth-order valence-corrected chi connectivity index (χ4v) is 3.37. The van der Waals surface area contributed by atoms with Crippen molar-refractivity contribution in [2.75, 3.05) is 20.3 Å². The molecule has 0 radical (unpaired) electrons. The fraction of sp³-hybridized carbons (Fsp3) is 0.238. The molecule has 28 heavy (non-hydrogen) atoms. The Hall–Kier alpha value is -2.70. The Balaban J connectivity index is 2.10. The molecule has 2 aromatic carbocycles. The van der Waals surface area contributed by atoms with Gasteiger partial charge in [-0.25, -0.2) is 4.39 Å². The van der Waals surface area contributed by atoms with E-state index in [1.165, 1.54) is 29.2 Å². The van der Waals surface area contributed by atoms with Gasteiger partial charge in [-0.05, 0) is 48.4 Å². The molecule has 146 valence electrons. The number of likely N-dealkylation sites (tertiary alicyclic amines) is 1. The van der Waals surface area contributed by atoms with Crippen LogP contribution in [0.15, 0.2) is 54.1 Å². The Bertz CT molecular complexity index is 909. The average molecular weight is 404 g/mol. The first-order valence-corrected chi connectivity index (χ1v) is 9.10. The van der Waals surface area contributed by atoms with Crippen molar-refractivity contribution in [1.82, 2.24) is 4.90 Å². The number of ether oxygens (including phenoxy) is 1. The van der Waals surface area contributed by atoms with Crippen LogP contribution in [0, 0.1) is 5.82 Å². The first-order chi connectivity index (χ1) is 13.4. The average Bonchev–Trinajstić information content (AvgIpc) is 2.94. The lowest BCUT2D eigenvalue weighted by Gasteiger charge is -2.25. The Kier molecular flexibility index (Phi) is 6.11. The van der Waals surface area contributed by atoms with Crippen molar-refractivity contribution in [2.45, 2.75) is 12.5 Å². The topological polar surface area (TPSA) is 66.8 Å². The Morgan fingerprint density at radius 1 is 1.14 bits per heavy atom. The standard InChI is InChI=1S/C21H19ClFNO4/c1-28-12-2-11-24-18(13-5-9-16(23)10-6-13)17(20(26)21(24)27)19(25)14-3-7-15(22)8-4-14/h3-10,18,25H,2,11-12H2,1H3/t18-/m1/s1. The largest absolute Gasteiger partial charge is 0.507 e. The van der Waals surface area contributed by atoms with Crippen molar-refractivity contribution in [1.29, 1.82) is 0 Å². The number of hydrogen-bond acceptors (Lipinski definition) is 4. The van der Waals surface area contributed by atoms with Crippen LogP contribution in [-0.4, -0.2) is 42.0 Å². The molecule has 0 unspecified atom stereocenters. The number of carbonyl (C=O) groups is 2. The molecule has 0 saturated carbocycles. The van der Waals surface area contributed by atoms with Crippen molar-refractivity contribution < 1.29 is 23.8 Å². The molecule has 5 nitrogen and oxygen atoms in total. The van der Waals surface area contributed by atoms with E-state index in [1.807, 2.05) is 0 Å². The molecule has 7 heteroatoms. The Morgan fingerprint density at radius 3 is 2.39 bits per heavy atom. The summed E-state index contributed by atoms with van der Waals surface area (Å²) in [7, 11) is 1.55. The minimum atomic E-state index is -0.812. The number of benzene rings is 2. The van der Waals surface area contributed by atoms with Crippen LogP contribution >= 0.6 is 11.6 Å². The number of carbonyl (C=O) groups excluding carboxylic acids is 2. The van der Waals surface area contributed by atoms with Crippen LogP contribution in [0.25, 0.3) is 5.76 Å². The number of rotatable bonds is 6. The van der Waals surface area contributed by atoms with E-state index in [0.717, 1.165) is 0 Å². The number of Topliss-reactive ketones (excluding diaryl/α,β-unsaturated/α-hetero) is 1. The second kappa shape index (κ2) is 8.54. The van der Waals surface area contributed by atoms with Crippen LogP contribution < -0.4 is 0 Å². The lowest BCUT2D eigenvalue weighted by molar-refractivity contribution is -0.140. The predicted octanol–water partition coefficient (Wildman–Crippen LogP) is 3.94. The number of amides is 1. The summed E-state index contributed by atoms with van der Waals surface area (Å²) in [5, 5.41) is 11.3. The highest BCUT2D eigenvalue weighted by Crippen LogP contribution is 2.39. The van der Waals surface area contributed by atoms with Gasteiger partial charge in [-0.3, -0.25) is 9.59 Å². The molecule has 1 fully saturated rings. The minimum absolute atomic E-state index is 0.0312. The van der Waals surface area contributed by atoms with Crippen molar-refractivity contribution in [2.24, 2.45) is 0 Å². The van der Waals surface area contributed by atoms with Gasteiger partial charge in [0.05, 0.1) is 11.6 Å². The lowest BCUT2D eigenvalue weighted by Crippen LogP contribution is -2.31. The molecule has 1 aliphatic rings. The lowest BCUT2D eigenvalue weighted by atomic mass is 9.95. The van der Waals surface area contributed by atoms with Gasteiger partial charge in [-0.1, -0.05) is 23.7 Å². The Labute approximate surface area is 167 Å². The second-order valence-corrected chi connectivity index (χ2v) is 6.83. The van der Waals surface area contributed by atoms with E-state index in [4.69, 9.17) is 16.3 Å². The van der Waals surface area contributed by atoms with Gasteiger partial charge >= 0.3 is 0 Å². The third-order valence-corrected chi connectivity index (χ3v) is 4.84. The van der Waals surface area contributed by atoms with Gasteiger partial charge in [0.15, 0.2) is 0 Å². The highest BCUT2D eigenvalue weighted by molar-refractivity contribution is 6.46. The highest BCUT2D eigenvalue weighted by atomic mass is 35.5. The number of hydrogen-bond donors (Lipinski definition) is 1. The van der Waals surface area contributed by atoms with Gasteiger partial charge in [0.1, 0.15) is 11.6 Å². The molecule has 1 saturated heterocycles. The van der Waals surface area contributed by atoms with Gasteiger partial charge in [-0.2, -0.15) is 0 Å². The molecule has 0 bridgehead atoms. The maximum atomic E-state index is 13.4. The molecule has 3 rings (SSSR count). The molecular formula is C21H19ClFNO4. The van der Waals surface area contributed by atoms with Gasteiger partial charge in [0, 0.05) is 30.8 Å². The smallest absolute Gasteiger partial charge is 0.295 e. The second-order valence-electron chi connectivity index (χ2n) is 6.40. The fourth-order valence-electron chi connectivity index (χ4n) is 3.24. The van der Waals surface area contributed by atoms with E-state index in [9.17, 15) is 19.1 Å². The van der Waals surface area contributed by atoms with Crippen molar-refractivity contribution in [3.8, 4) is 0 Å². The number of aliphatic hydroxyl groups excluding tert-OH is 1. The third kappa shape index (κ3) is 3.93. The molecule has 2 aromatic rings. The van der Waals surface area contributed by atoms with E-state index in [1.54, 1.807) is 31.4 Å². The molecule has 0 aromatic heterocycles. The predicted molar refractivity (Wildman–Crippen MR) is 103 cm³/mol. The molecule has 1 amide bonds. The number of aliphatic hydroxyl groups is 1. The number of ketones is 1. The zero-order valence-corrected chi connectivity index (χ0v) is 15.9. The van der Waals surface area contributed by atoms with Crippen LogP contribution in [0.4, 0.5) is 4.39 Å². The first-order valence-electron chi connectivity index (χ1n) is 8.72. The van der Waals surface area contributed by atoms with E-state index >= 15 is 0 Å². The molecule has 1 N–H and O–H groups in total. The zero-order valence-electron chi connectivity index (χ0n) is 15.2. The van der Waals surface area contributed by atoms with E-state index < -0.39 is 23.5 Å². The van der Waals surface area contributed by atoms with Crippen molar-refractivity contribution in [3.63, 3.8) is 0 Å². The first kappa shape index (κ1) is 20.0. The molecule has 1 aliphatic heterocycles. The quantitative estimate of drug-likeness (QED) is 0.343. The summed E-state index contributed by atoms with van der Waals surface area (Å²) in [5.74, 6) is -2.21. The van der Waals surface area contributed by atoms with Crippen LogP contribution in [-0.2, 0) is 14.3 Å². The summed E-state index contributed by atoms with van der Waals surface area (Å²) in [6.45, 7) is 0.675. The Morgan fingerprint density at radius 2 is 1.79 bits per heavy atom. The van der Waals surface area contributed by atoms with Crippen molar-refractivity contribution >= 4 is 29.1 Å². The highest BCUT2D eigenvalue weighted by Gasteiger charge is 2.45. The van der Waals surface area contributed by atoms with E-state index in [0.29, 0.717) is 29.2 Å². The minimum Gasteiger partial charge on any atom is -0.507 e. The summed E-state index contributed by atoms with van der Waals surface area (Å²) < 4.78 is 18.4. The van der Waals surface area contributed by atoms with Gasteiger partial charge < -0.3 is 14.7 Å². The third-order valence-electron chi connectivity index (χ3n) is 4.59. The van der Waals surface area contributed by atoms with Crippen LogP contribution in [0.3, 0.4) is 0 Å². The monoisotopic (exact) mass is 403 g/mol. The van der Waals surface area contributed by atoms with Crippen LogP contribution in [0.1, 0.15) is 23.6 Å². The zero-order chi connectivity index (χ0) is 20.3. The van der Waals surface area contributed by atoms with Gasteiger partial charge in [-0.15, -0.1) is 0 Å². The van der Waals surface area contributed by atoms with E-state index in [2.05, 4.69) is 0 Å². The molecule has 1 heterocycles. The molecule has 0 aliphatic carbocycles. The normalized spacial score (nSPS) is 18.7. The maximum Gasteiger partial charge on any atom is 0.295 e. The summed E-state index contributed by atoms with van der Waals surface area (Å²) in [6.07, 6.45) is 0.516. The summed E-state index contributed by atoms with van der Waals surface area (Å²) in [6, 6.07) is 11.0. The summed E-state index contributed by atoms with van der Waals surface area (Å²) >= 11 is 5.89. The van der Waals surface area contributed by atoms with Crippen LogP contribution in [0.5, 0.6) is 0 Å². The SMILES string of the molecule is COCCCN1C(=O)C(=O)C(=C(O)c2ccc(Cl)cc2)[C@H]1c1ccc(F)cc1.